The van der Waals surface area contributed by atoms with Crippen molar-refractivity contribution in [2.75, 3.05) is 14.1 Å². The van der Waals surface area contributed by atoms with Gasteiger partial charge in [0.15, 0.2) is 5.69 Å². The van der Waals surface area contributed by atoms with Crippen LogP contribution in [0.5, 0.6) is 5.75 Å². The van der Waals surface area contributed by atoms with Crippen LogP contribution in [-0.4, -0.2) is 40.0 Å². The Labute approximate surface area is 166 Å². The van der Waals surface area contributed by atoms with E-state index in [0.717, 1.165) is 5.56 Å². The van der Waals surface area contributed by atoms with E-state index >= 15 is 0 Å². The molecule has 0 fully saturated rings. The molecule has 0 aliphatic rings. The van der Waals surface area contributed by atoms with Gasteiger partial charge in [0.2, 0.25) is 5.75 Å². The Bertz CT molecular complexity index is 1080. The normalized spacial score (nSPS) is 10.9. The van der Waals surface area contributed by atoms with Crippen LogP contribution in [0.2, 0.25) is 0 Å². The number of hydrogen-bond acceptors (Lipinski definition) is 5. The molecule has 0 saturated carbocycles. The summed E-state index contributed by atoms with van der Waals surface area (Å²) in [7, 11) is 3.88. The number of amides is 1. The summed E-state index contributed by atoms with van der Waals surface area (Å²) in [5.74, 6) is -1.66. The van der Waals surface area contributed by atoms with Gasteiger partial charge >= 0.3 is 0 Å². The SMILES string of the molecule is CN(C)Cc1cccc(-c2nc(C(=O)NCc3ccc(F)cc3)c(O)c(=O)[nH]2)c1. The molecule has 7 nitrogen and oxygen atoms in total. The number of aromatic hydroxyl groups is 1. The molecule has 1 aromatic heterocycles. The Balaban J connectivity index is 1.86. The van der Waals surface area contributed by atoms with Crippen LogP contribution in [0.3, 0.4) is 0 Å². The van der Waals surface area contributed by atoms with E-state index in [-0.39, 0.29) is 23.9 Å². The molecule has 3 N–H and O–H groups in total. The summed E-state index contributed by atoms with van der Waals surface area (Å²) in [5, 5.41) is 12.6. The summed E-state index contributed by atoms with van der Waals surface area (Å²) in [6, 6.07) is 13.0. The molecule has 0 atom stereocenters. The molecule has 0 aliphatic carbocycles. The molecule has 0 aliphatic heterocycles. The number of carbonyl (C=O) groups is 1. The fourth-order valence-electron chi connectivity index (χ4n) is 2.81. The molecule has 2 aromatic carbocycles. The average Bonchev–Trinajstić information content (AvgIpc) is 2.69. The molecule has 1 heterocycles. The number of aromatic amines is 1. The summed E-state index contributed by atoms with van der Waals surface area (Å²) in [6.07, 6.45) is 0. The largest absolute Gasteiger partial charge is 0.501 e. The lowest BCUT2D eigenvalue weighted by molar-refractivity contribution is 0.0942. The van der Waals surface area contributed by atoms with Gasteiger partial charge in [0.1, 0.15) is 11.6 Å². The molecule has 150 valence electrons. The first kappa shape index (κ1) is 20.2. The van der Waals surface area contributed by atoms with Gasteiger partial charge in [0, 0.05) is 18.7 Å². The Hall–Kier alpha value is -3.52. The van der Waals surface area contributed by atoms with Crippen LogP contribution in [0, 0.1) is 5.82 Å². The van der Waals surface area contributed by atoms with Crippen molar-refractivity contribution < 1.29 is 14.3 Å². The smallest absolute Gasteiger partial charge is 0.294 e. The van der Waals surface area contributed by atoms with Gasteiger partial charge in [-0.05, 0) is 43.4 Å². The lowest BCUT2D eigenvalue weighted by Gasteiger charge is -2.11. The Morgan fingerprint density at radius 2 is 1.90 bits per heavy atom. The first-order valence-electron chi connectivity index (χ1n) is 8.93. The lowest BCUT2D eigenvalue weighted by atomic mass is 10.1. The third-order valence-electron chi connectivity index (χ3n) is 4.18. The molecule has 0 spiro atoms. The van der Waals surface area contributed by atoms with Crippen molar-refractivity contribution in [2.45, 2.75) is 13.1 Å². The molecule has 0 saturated heterocycles. The zero-order valence-corrected chi connectivity index (χ0v) is 16.1. The maximum atomic E-state index is 13.0. The monoisotopic (exact) mass is 396 g/mol. The first-order valence-corrected chi connectivity index (χ1v) is 8.93. The maximum Gasteiger partial charge on any atom is 0.294 e. The third-order valence-corrected chi connectivity index (χ3v) is 4.18. The van der Waals surface area contributed by atoms with E-state index in [2.05, 4.69) is 15.3 Å². The van der Waals surface area contributed by atoms with E-state index in [1.54, 1.807) is 6.07 Å². The van der Waals surface area contributed by atoms with Crippen molar-refractivity contribution in [3.63, 3.8) is 0 Å². The predicted molar refractivity (Wildman–Crippen MR) is 107 cm³/mol. The van der Waals surface area contributed by atoms with Crippen molar-refractivity contribution in [2.24, 2.45) is 0 Å². The second kappa shape index (κ2) is 8.66. The van der Waals surface area contributed by atoms with Crippen LogP contribution in [0.1, 0.15) is 21.6 Å². The van der Waals surface area contributed by atoms with E-state index in [0.29, 0.717) is 17.7 Å². The van der Waals surface area contributed by atoms with Crippen molar-refractivity contribution in [1.82, 2.24) is 20.2 Å². The molecule has 3 aromatic rings. The predicted octanol–water partition coefficient (Wildman–Crippen LogP) is 2.27. The van der Waals surface area contributed by atoms with Gasteiger partial charge in [-0.1, -0.05) is 30.3 Å². The Morgan fingerprint density at radius 3 is 2.59 bits per heavy atom. The summed E-state index contributed by atoms with van der Waals surface area (Å²) < 4.78 is 13.0. The van der Waals surface area contributed by atoms with Gasteiger partial charge in [-0.25, -0.2) is 9.37 Å². The van der Waals surface area contributed by atoms with Crippen LogP contribution >= 0.6 is 0 Å². The minimum absolute atomic E-state index is 0.0979. The van der Waals surface area contributed by atoms with Crippen molar-refractivity contribution >= 4 is 5.91 Å². The van der Waals surface area contributed by atoms with Gasteiger partial charge in [-0.2, -0.15) is 0 Å². The van der Waals surface area contributed by atoms with Crippen molar-refractivity contribution in [3.8, 4) is 17.1 Å². The van der Waals surface area contributed by atoms with Crippen molar-refractivity contribution in [3.05, 3.63) is 81.5 Å². The number of H-pyrrole nitrogens is 1. The number of hydrogen-bond donors (Lipinski definition) is 3. The fraction of sp³-hybridized carbons (Fsp3) is 0.190. The molecular weight excluding hydrogens is 375 g/mol. The summed E-state index contributed by atoms with van der Waals surface area (Å²) >= 11 is 0. The number of nitrogens with one attached hydrogen (secondary N) is 2. The van der Waals surface area contributed by atoms with Crippen LogP contribution in [0.15, 0.2) is 53.3 Å². The van der Waals surface area contributed by atoms with E-state index in [1.165, 1.54) is 24.3 Å². The van der Waals surface area contributed by atoms with Gasteiger partial charge in [-0.3, -0.25) is 9.59 Å². The number of aromatic nitrogens is 2. The molecule has 3 rings (SSSR count). The Kier molecular flexibility index (Phi) is 6.04. The molecule has 8 heteroatoms. The zero-order chi connectivity index (χ0) is 21.0. The molecule has 0 unspecified atom stereocenters. The standard InChI is InChI=1S/C21H21FN4O3/c1-26(2)12-14-4-3-5-15(10-14)19-24-17(18(27)21(29)25-19)20(28)23-11-13-6-8-16(22)9-7-13/h3-10,27H,11-12H2,1-2H3,(H,23,28)(H,24,25,29). The lowest BCUT2D eigenvalue weighted by Crippen LogP contribution is -2.26. The number of halogens is 1. The Morgan fingerprint density at radius 1 is 1.17 bits per heavy atom. The number of rotatable bonds is 6. The highest BCUT2D eigenvalue weighted by atomic mass is 19.1. The second-order valence-corrected chi connectivity index (χ2v) is 6.86. The van der Waals surface area contributed by atoms with Crippen LogP contribution in [0.4, 0.5) is 4.39 Å². The van der Waals surface area contributed by atoms with Crippen LogP contribution in [0.25, 0.3) is 11.4 Å². The minimum Gasteiger partial charge on any atom is -0.501 e. The van der Waals surface area contributed by atoms with Crippen LogP contribution < -0.4 is 10.9 Å². The number of benzene rings is 2. The second-order valence-electron chi connectivity index (χ2n) is 6.86. The highest BCUT2D eigenvalue weighted by Gasteiger charge is 2.18. The van der Waals surface area contributed by atoms with Gasteiger partial charge in [0.05, 0.1) is 0 Å². The van der Waals surface area contributed by atoms with Crippen molar-refractivity contribution in [1.29, 1.82) is 0 Å². The van der Waals surface area contributed by atoms with E-state index in [9.17, 15) is 19.1 Å². The van der Waals surface area contributed by atoms with Gasteiger partial charge in [0.25, 0.3) is 11.5 Å². The van der Waals surface area contributed by atoms with E-state index in [1.807, 2.05) is 37.2 Å². The minimum atomic E-state index is -0.806. The van der Waals surface area contributed by atoms with Crippen LogP contribution in [-0.2, 0) is 13.1 Å². The molecule has 0 bridgehead atoms. The van der Waals surface area contributed by atoms with Gasteiger partial charge in [-0.15, -0.1) is 0 Å². The maximum absolute atomic E-state index is 13.0. The molecular formula is C21H21FN4O3. The highest BCUT2D eigenvalue weighted by Crippen LogP contribution is 2.19. The molecule has 0 radical (unpaired) electrons. The highest BCUT2D eigenvalue weighted by molar-refractivity contribution is 5.95. The number of carbonyl (C=O) groups excluding carboxylic acids is 1. The first-order chi connectivity index (χ1) is 13.8. The zero-order valence-electron chi connectivity index (χ0n) is 16.1. The topological polar surface area (TPSA) is 98.3 Å². The summed E-state index contributed by atoms with van der Waals surface area (Å²) in [5.41, 5.74) is 1.11. The van der Waals surface area contributed by atoms with E-state index in [4.69, 9.17) is 0 Å². The summed E-state index contributed by atoms with van der Waals surface area (Å²) in [6.45, 7) is 0.794. The van der Waals surface area contributed by atoms with Gasteiger partial charge < -0.3 is 20.3 Å². The third kappa shape index (κ3) is 5.05. The summed E-state index contributed by atoms with van der Waals surface area (Å²) in [4.78, 5) is 33.3. The quantitative estimate of drug-likeness (QED) is 0.594. The van der Waals surface area contributed by atoms with E-state index < -0.39 is 17.2 Å². The number of nitrogens with zero attached hydrogens (tertiary/aromatic N) is 2. The molecule has 29 heavy (non-hydrogen) atoms. The molecule has 1 amide bonds. The average molecular weight is 396 g/mol. The fourth-order valence-corrected chi connectivity index (χ4v) is 2.81.